The monoisotopic (exact) mass is 298 g/mol. The van der Waals surface area contributed by atoms with E-state index in [0.29, 0.717) is 5.92 Å². The largest absolute Gasteiger partial charge is 0.381 e. The van der Waals surface area contributed by atoms with E-state index in [1.165, 1.54) is 6.42 Å². The standard InChI is InChI=1S/C17H34N2O2/c1-4-11-19-17(16(18)20)10-5-8-15(17)9-13-21-12-6-7-14(2)3/h14-15,19H,4-13H2,1-3H3,(H2,18,20). The Kier molecular flexibility index (Phi) is 8.27. The number of nitrogens with one attached hydrogen (secondary N) is 1. The summed E-state index contributed by atoms with van der Waals surface area (Å²) < 4.78 is 5.74. The van der Waals surface area contributed by atoms with Gasteiger partial charge in [0.15, 0.2) is 0 Å². The van der Waals surface area contributed by atoms with Crippen molar-refractivity contribution >= 4 is 5.91 Å². The van der Waals surface area contributed by atoms with Crippen molar-refractivity contribution in [3.63, 3.8) is 0 Å². The maximum absolute atomic E-state index is 12.0. The minimum Gasteiger partial charge on any atom is -0.381 e. The molecule has 0 saturated heterocycles. The third-order valence-corrected chi connectivity index (χ3v) is 4.63. The summed E-state index contributed by atoms with van der Waals surface area (Å²) in [6.45, 7) is 9.01. The number of ether oxygens (including phenoxy) is 1. The van der Waals surface area contributed by atoms with Crippen molar-refractivity contribution in [2.24, 2.45) is 17.6 Å². The highest BCUT2D eigenvalue weighted by Gasteiger charge is 2.46. The second-order valence-electron chi connectivity index (χ2n) is 6.79. The van der Waals surface area contributed by atoms with Crippen LogP contribution in [0, 0.1) is 11.8 Å². The van der Waals surface area contributed by atoms with Crippen LogP contribution in [0.5, 0.6) is 0 Å². The normalized spacial score (nSPS) is 25.6. The summed E-state index contributed by atoms with van der Waals surface area (Å²) in [5.74, 6) is 0.883. The van der Waals surface area contributed by atoms with E-state index < -0.39 is 5.54 Å². The Hall–Kier alpha value is -0.610. The molecule has 1 aliphatic carbocycles. The van der Waals surface area contributed by atoms with Crippen LogP contribution in [0.3, 0.4) is 0 Å². The lowest BCUT2D eigenvalue weighted by Gasteiger charge is -2.33. The summed E-state index contributed by atoms with van der Waals surface area (Å²) >= 11 is 0. The third-order valence-electron chi connectivity index (χ3n) is 4.63. The van der Waals surface area contributed by atoms with Crippen LogP contribution in [0.4, 0.5) is 0 Å². The fourth-order valence-electron chi connectivity index (χ4n) is 3.38. The Morgan fingerprint density at radius 1 is 1.43 bits per heavy atom. The molecule has 1 saturated carbocycles. The first-order valence-corrected chi connectivity index (χ1v) is 8.65. The maximum Gasteiger partial charge on any atom is 0.238 e. The first-order chi connectivity index (χ1) is 10.0. The number of carbonyl (C=O) groups is 1. The van der Waals surface area contributed by atoms with Gasteiger partial charge in [0.05, 0.1) is 0 Å². The number of rotatable bonds is 11. The molecule has 0 aromatic heterocycles. The van der Waals surface area contributed by atoms with E-state index in [9.17, 15) is 4.79 Å². The van der Waals surface area contributed by atoms with Crippen LogP contribution in [0.1, 0.15) is 65.7 Å². The molecule has 0 radical (unpaired) electrons. The van der Waals surface area contributed by atoms with Gasteiger partial charge < -0.3 is 15.8 Å². The van der Waals surface area contributed by atoms with E-state index in [4.69, 9.17) is 10.5 Å². The van der Waals surface area contributed by atoms with E-state index in [1.54, 1.807) is 0 Å². The number of amides is 1. The van der Waals surface area contributed by atoms with Gasteiger partial charge in [-0.2, -0.15) is 0 Å². The highest BCUT2D eigenvalue weighted by atomic mass is 16.5. The first-order valence-electron chi connectivity index (χ1n) is 8.65. The maximum atomic E-state index is 12.0. The average molecular weight is 298 g/mol. The van der Waals surface area contributed by atoms with E-state index >= 15 is 0 Å². The molecule has 4 heteroatoms. The van der Waals surface area contributed by atoms with Crippen molar-refractivity contribution in [2.45, 2.75) is 71.3 Å². The van der Waals surface area contributed by atoms with Gasteiger partial charge in [-0.05, 0) is 56.9 Å². The zero-order valence-electron chi connectivity index (χ0n) is 14.1. The number of hydrogen-bond donors (Lipinski definition) is 2. The van der Waals surface area contributed by atoms with Crippen LogP contribution >= 0.6 is 0 Å². The van der Waals surface area contributed by atoms with Crippen molar-refractivity contribution in [3.05, 3.63) is 0 Å². The van der Waals surface area contributed by atoms with E-state index in [1.807, 2.05) is 0 Å². The van der Waals surface area contributed by atoms with Crippen molar-refractivity contribution in [2.75, 3.05) is 19.8 Å². The van der Waals surface area contributed by atoms with E-state index in [-0.39, 0.29) is 5.91 Å². The van der Waals surface area contributed by atoms with Gasteiger partial charge in [-0.15, -0.1) is 0 Å². The molecule has 2 atom stereocenters. The molecular weight excluding hydrogens is 264 g/mol. The minimum absolute atomic E-state index is 0.182. The molecule has 0 aromatic rings. The summed E-state index contributed by atoms with van der Waals surface area (Å²) in [7, 11) is 0. The lowest BCUT2D eigenvalue weighted by molar-refractivity contribution is -0.126. The third kappa shape index (κ3) is 5.59. The van der Waals surface area contributed by atoms with Gasteiger partial charge in [-0.1, -0.05) is 27.2 Å². The molecule has 4 nitrogen and oxygen atoms in total. The lowest BCUT2D eigenvalue weighted by atomic mass is 9.84. The quantitative estimate of drug-likeness (QED) is 0.576. The molecule has 0 aromatic carbocycles. The smallest absolute Gasteiger partial charge is 0.238 e. The zero-order chi connectivity index (χ0) is 15.7. The minimum atomic E-state index is -0.489. The van der Waals surface area contributed by atoms with Crippen molar-refractivity contribution < 1.29 is 9.53 Å². The summed E-state index contributed by atoms with van der Waals surface area (Å²) in [5, 5.41) is 3.43. The highest BCUT2D eigenvalue weighted by Crippen LogP contribution is 2.37. The van der Waals surface area contributed by atoms with Crippen LogP contribution < -0.4 is 11.1 Å². The Bertz CT molecular complexity index is 307. The molecule has 124 valence electrons. The second kappa shape index (κ2) is 9.42. The van der Waals surface area contributed by atoms with Crippen molar-refractivity contribution in [3.8, 4) is 0 Å². The molecule has 1 amide bonds. The molecule has 0 bridgehead atoms. The summed E-state index contributed by atoms with van der Waals surface area (Å²) in [6.07, 6.45) is 7.33. The van der Waals surface area contributed by atoms with Gasteiger partial charge in [0.2, 0.25) is 5.91 Å². The molecule has 0 aliphatic heterocycles. The molecule has 0 heterocycles. The fourth-order valence-corrected chi connectivity index (χ4v) is 3.38. The molecule has 3 N–H and O–H groups in total. The van der Waals surface area contributed by atoms with Crippen LogP contribution in [0.2, 0.25) is 0 Å². The van der Waals surface area contributed by atoms with E-state index in [0.717, 1.165) is 64.2 Å². The average Bonchev–Trinajstić information content (AvgIpc) is 2.84. The number of hydrogen-bond acceptors (Lipinski definition) is 3. The number of nitrogens with two attached hydrogens (primary N) is 1. The predicted molar refractivity (Wildman–Crippen MR) is 87.1 cm³/mol. The molecule has 1 fully saturated rings. The first kappa shape index (κ1) is 18.4. The zero-order valence-corrected chi connectivity index (χ0v) is 14.1. The molecule has 2 unspecified atom stereocenters. The van der Waals surface area contributed by atoms with Gasteiger partial charge in [-0.25, -0.2) is 0 Å². The van der Waals surface area contributed by atoms with Crippen molar-refractivity contribution in [1.82, 2.24) is 5.32 Å². The van der Waals surface area contributed by atoms with Gasteiger partial charge in [0.25, 0.3) is 0 Å². The van der Waals surface area contributed by atoms with Crippen molar-refractivity contribution in [1.29, 1.82) is 0 Å². The Labute approximate surface area is 130 Å². The van der Waals surface area contributed by atoms with Gasteiger partial charge >= 0.3 is 0 Å². The van der Waals surface area contributed by atoms with Gasteiger partial charge in [-0.3, -0.25) is 4.79 Å². The Morgan fingerprint density at radius 2 is 2.19 bits per heavy atom. The molecule has 1 aliphatic rings. The summed E-state index contributed by atoms with van der Waals surface area (Å²) in [4.78, 5) is 12.0. The highest BCUT2D eigenvalue weighted by molar-refractivity contribution is 5.85. The van der Waals surface area contributed by atoms with Crippen LogP contribution in [-0.2, 0) is 9.53 Å². The van der Waals surface area contributed by atoms with Gasteiger partial charge in [0.1, 0.15) is 5.54 Å². The number of primary amides is 1. The number of carbonyl (C=O) groups excluding carboxylic acids is 1. The van der Waals surface area contributed by atoms with Crippen LogP contribution in [0.15, 0.2) is 0 Å². The van der Waals surface area contributed by atoms with Crippen LogP contribution in [0.25, 0.3) is 0 Å². The predicted octanol–water partition coefficient (Wildman–Crippen LogP) is 2.85. The Balaban J connectivity index is 2.36. The Morgan fingerprint density at radius 3 is 2.81 bits per heavy atom. The lowest BCUT2D eigenvalue weighted by Crippen LogP contribution is -2.58. The topological polar surface area (TPSA) is 64.3 Å². The second-order valence-corrected chi connectivity index (χ2v) is 6.79. The van der Waals surface area contributed by atoms with Crippen LogP contribution in [-0.4, -0.2) is 31.2 Å². The fraction of sp³-hybridized carbons (Fsp3) is 0.941. The SMILES string of the molecule is CCCNC1(C(N)=O)CCCC1CCOCCCC(C)C. The van der Waals surface area contributed by atoms with Gasteiger partial charge in [0, 0.05) is 13.2 Å². The molecule has 0 spiro atoms. The molecule has 1 rings (SSSR count). The van der Waals surface area contributed by atoms with E-state index in [2.05, 4.69) is 26.1 Å². The summed E-state index contributed by atoms with van der Waals surface area (Å²) in [5.41, 5.74) is 5.22. The molecule has 21 heavy (non-hydrogen) atoms. The summed E-state index contributed by atoms with van der Waals surface area (Å²) in [6, 6.07) is 0. The molecular formula is C17H34N2O2.